The van der Waals surface area contributed by atoms with Gasteiger partial charge in [-0.05, 0) is 43.0 Å². The summed E-state index contributed by atoms with van der Waals surface area (Å²) in [6, 6.07) is 16.6. The SMILES string of the molecule is O=C(CCc1c[nH]c2ccccc12)N1CCC[C@H](c2nc3ccccc3s2)C1. The van der Waals surface area contributed by atoms with Crippen molar-refractivity contribution in [1.29, 1.82) is 0 Å². The van der Waals surface area contributed by atoms with Crippen molar-refractivity contribution in [2.45, 2.75) is 31.6 Å². The quantitative estimate of drug-likeness (QED) is 0.527. The molecule has 3 heterocycles. The van der Waals surface area contributed by atoms with E-state index in [1.165, 1.54) is 20.7 Å². The largest absolute Gasteiger partial charge is 0.361 e. The zero-order valence-corrected chi connectivity index (χ0v) is 16.5. The monoisotopic (exact) mass is 389 g/mol. The number of likely N-dealkylation sites (tertiary alicyclic amines) is 1. The van der Waals surface area contributed by atoms with Crippen LogP contribution in [0.25, 0.3) is 21.1 Å². The molecule has 1 aliphatic heterocycles. The van der Waals surface area contributed by atoms with Gasteiger partial charge >= 0.3 is 0 Å². The molecule has 1 amide bonds. The predicted octanol–water partition coefficient (Wildman–Crippen LogP) is 5.12. The third-order valence-electron chi connectivity index (χ3n) is 5.72. The lowest BCUT2D eigenvalue weighted by atomic mass is 9.98. The number of carbonyl (C=O) groups excluding carboxylic acids is 1. The number of para-hydroxylation sites is 2. The van der Waals surface area contributed by atoms with Crippen molar-refractivity contribution in [3.63, 3.8) is 0 Å². The summed E-state index contributed by atoms with van der Waals surface area (Å²) in [6.07, 6.45) is 5.56. The number of aromatic amines is 1. The zero-order valence-electron chi connectivity index (χ0n) is 15.7. The molecule has 0 bridgehead atoms. The molecule has 0 radical (unpaired) electrons. The standard InChI is InChI=1S/C23H23N3OS/c27-22(12-11-16-14-24-19-8-2-1-7-18(16)19)26-13-5-6-17(15-26)23-25-20-9-3-4-10-21(20)28-23/h1-4,7-10,14,17,24H,5-6,11-13,15H2/t17-/m0/s1. The maximum Gasteiger partial charge on any atom is 0.222 e. The third-order valence-corrected chi connectivity index (χ3v) is 6.92. The van der Waals surface area contributed by atoms with Crippen molar-refractivity contribution in [3.05, 3.63) is 65.3 Å². The number of benzene rings is 2. The van der Waals surface area contributed by atoms with E-state index in [2.05, 4.69) is 46.3 Å². The molecule has 5 rings (SSSR count). The van der Waals surface area contributed by atoms with Gasteiger partial charge in [0.2, 0.25) is 5.91 Å². The summed E-state index contributed by atoms with van der Waals surface area (Å²) in [4.78, 5) is 23.1. The van der Waals surface area contributed by atoms with Gasteiger partial charge in [-0.3, -0.25) is 4.79 Å². The molecule has 1 N–H and O–H groups in total. The van der Waals surface area contributed by atoms with Crippen LogP contribution in [0.3, 0.4) is 0 Å². The Bertz CT molecular complexity index is 1100. The number of hydrogen-bond donors (Lipinski definition) is 1. The number of amides is 1. The van der Waals surface area contributed by atoms with Crippen LogP contribution >= 0.6 is 11.3 Å². The molecule has 0 spiro atoms. The summed E-state index contributed by atoms with van der Waals surface area (Å²) in [6.45, 7) is 1.67. The Kier molecular flexibility index (Phi) is 4.61. The van der Waals surface area contributed by atoms with E-state index in [-0.39, 0.29) is 5.91 Å². The molecule has 4 nitrogen and oxygen atoms in total. The van der Waals surface area contributed by atoms with E-state index in [1.54, 1.807) is 11.3 Å². The van der Waals surface area contributed by atoms with Gasteiger partial charge in [-0.2, -0.15) is 0 Å². The van der Waals surface area contributed by atoms with Gasteiger partial charge in [0, 0.05) is 42.5 Å². The van der Waals surface area contributed by atoms with Crippen LogP contribution in [-0.2, 0) is 11.2 Å². The lowest BCUT2D eigenvalue weighted by molar-refractivity contribution is -0.132. The minimum absolute atomic E-state index is 0.260. The summed E-state index contributed by atoms with van der Waals surface area (Å²) < 4.78 is 1.24. The maximum absolute atomic E-state index is 12.9. The highest BCUT2D eigenvalue weighted by atomic mass is 32.1. The molecule has 2 aromatic carbocycles. The number of thiazole rings is 1. The number of aryl methyl sites for hydroxylation is 1. The van der Waals surface area contributed by atoms with Crippen molar-refractivity contribution >= 4 is 38.4 Å². The second kappa shape index (κ2) is 7.40. The van der Waals surface area contributed by atoms with Crippen molar-refractivity contribution < 1.29 is 4.79 Å². The Morgan fingerprint density at radius 1 is 1.18 bits per heavy atom. The zero-order chi connectivity index (χ0) is 18.9. The molecule has 1 atom stereocenters. The molecule has 5 heteroatoms. The Hall–Kier alpha value is -2.66. The molecule has 0 unspecified atom stereocenters. The van der Waals surface area contributed by atoms with Gasteiger partial charge in [0.05, 0.1) is 15.2 Å². The molecular weight excluding hydrogens is 366 g/mol. The second-order valence-electron chi connectivity index (χ2n) is 7.56. The fourth-order valence-electron chi connectivity index (χ4n) is 4.21. The van der Waals surface area contributed by atoms with E-state index in [1.807, 2.05) is 18.3 Å². The second-order valence-corrected chi connectivity index (χ2v) is 8.62. The first-order valence-corrected chi connectivity index (χ1v) is 10.8. The molecule has 0 aliphatic carbocycles. The lowest BCUT2D eigenvalue weighted by Gasteiger charge is -2.32. The summed E-state index contributed by atoms with van der Waals surface area (Å²) in [5, 5.41) is 2.40. The Morgan fingerprint density at radius 3 is 2.96 bits per heavy atom. The molecule has 0 saturated carbocycles. The van der Waals surface area contributed by atoms with E-state index in [0.29, 0.717) is 12.3 Å². The lowest BCUT2D eigenvalue weighted by Crippen LogP contribution is -2.39. The average molecular weight is 390 g/mol. The number of piperidine rings is 1. The van der Waals surface area contributed by atoms with Crippen LogP contribution < -0.4 is 0 Å². The number of hydrogen-bond acceptors (Lipinski definition) is 3. The number of nitrogens with one attached hydrogen (secondary N) is 1. The van der Waals surface area contributed by atoms with Crippen LogP contribution in [0.15, 0.2) is 54.7 Å². The normalized spacial score (nSPS) is 17.4. The highest BCUT2D eigenvalue weighted by Crippen LogP contribution is 2.33. The molecule has 142 valence electrons. The number of carbonyl (C=O) groups is 1. The van der Waals surface area contributed by atoms with Gasteiger partial charge in [0.25, 0.3) is 0 Å². The van der Waals surface area contributed by atoms with Crippen molar-refractivity contribution in [2.24, 2.45) is 0 Å². The van der Waals surface area contributed by atoms with Gasteiger partial charge < -0.3 is 9.88 Å². The van der Waals surface area contributed by atoms with E-state index >= 15 is 0 Å². The van der Waals surface area contributed by atoms with Crippen LogP contribution in [0.5, 0.6) is 0 Å². The van der Waals surface area contributed by atoms with E-state index in [9.17, 15) is 4.79 Å². The third kappa shape index (κ3) is 3.31. The van der Waals surface area contributed by atoms with E-state index < -0.39 is 0 Å². The number of rotatable bonds is 4. The Morgan fingerprint density at radius 2 is 2.04 bits per heavy atom. The molecule has 2 aromatic heterocycles. The van der Waals surface area contributed by atoms with Crippen LogP contribution in [0.1, 0.15) is 35.8 Å². The number of aromatic nitrogens is 2. The smallest absolute Gasteiger partial charge is 0.222 e. The molecule has 4 aromatic rings. The number of fused-ring (bicyclic) bond motifs is 2. The fraction of sp³-hybridized carbons (Fsp3) is 0.304. The van der Waals surface area contributed by atoms with Crippen LogP contribution in [-0.4, -0.2) is 33.9 Å². The van der Waals surface area contributed by atoms with Gasteiger partial charge in [0.1, 0.15) is 0 Å². The van der Waals surface area contributed by atoms with Gasteiger partial charge in [-0.25, -0.2) is 4.98 Å². The fourth-order valence-corrected chi connectivity index (χ4v) is 5.30. The highest BCUT2D eigenvalue weighted by molar-refractivity contribution is 7.18. The van der Waals surface area contributed by atoms with E-state index in [0.717, 1.165) is 43.4 Å². The minimum atomic E-state index is 0.260. The molecule has 1 aliphatic rings. The molecule has 1 saturated heterocycles. The summed E-state index contributed by atoms with van der Waals surface area (Å²) in [5.41, 5.74) is 3.44. The van der Waals surface area contributed by atoms with Gasteiger partial charge in [-0.1, -0.05) is 30.3 Å². The summed E-state index contributed by atoms with van der Waals surface area (Å²) >= 11 is 1.78. The molecule has 28 heavy (non-hydrogen) atoms. The number of nitrogens with zero attached hydrogens (tertiary/aromatic N) is 2. The van der Waals surface area contributed by atoms with Crippen molar-refractivity contribution in [3.8, 4) is 0 Å². The van der Waals surface area contributed by atoms with Crippen LogP contribution in [0.4, 0.5) is 0 Å². The summed E-state index contributed by atoms with van der Waals surface area (Å²) in [5.74, 6) is 0.624. The Balaban J connectivity index is 1.26. The maximum atomic E-state index is 12.9. The van der Waals surface area contributed by atoms with Crippen molar-refractivity contribution in [2.75, 3.05) is 13.1 Å². The first-order chi connectivity index (χ1) is 13.8. The van der Waals surface area contributed by atoms with Gasteiger partial charge in [0.15, 0.2) is 0 Å². The number of H-pyrrole nitrogens is 1. The predicted molar refractivity (Wildman–Crippen MR) is 115 cm³/mol. The Labute approximate surface area is 168 Å². The summed E-state index contributed by atoms with van der Waals surface area (Å²) in [7, 11) is 0. The molecular formula is C23H23N3OS. The first kappa shape index (κ1) is 17.4. The van der Waals surface area contributed by atoms with Gasteiger partial charge in [-0.15, -0.1) is 11.3 Å². The topological polar surface area (TPSA) is 49.0 Å². The minimum Gasteiger partial charge on any atom is -0.361 e. The van der Waals surface area contributed by atoms with Crippen molar-refractivity contribution in [1.82, 2.24) is 14.9 Å². The van der Waals surface area contributed by atoms with E-state index in [4.69, 9.17) is 4.98 Å². The van der Waals surface area contributed by atoms with Crippen LogP contribution in [0, 0.1) is 0 Å². The molecule has 1 fully saturated rings. The average Bonchev–Trinajstić information content (AvgIpc) is 3.36. The highest BCUT2D eigenvalue weighted by Gasteiger charge is 2.26. The first-order valence-electron chi connectivity index (χ1n) is 9.96. The van der Waals surface area contributed by atoms with Crippen LogP contribution in [0.2, 0.25) is 0 Å².